The molecule has 0 saturated carbocycles. The van der Waals surface area contributed by atoms with Gasteiger partial charge in [-0.05, 0) is 34.7 Å². The predicted octanol–water partition coefficient (Wildman–Crippen LogP) is 2.62. The molecule has 0 amide bonds. The Morgan fingerprint density at radius 3 is 2.79 bits per heavy atom. The maximum Gasteiger partial charge on any atom is 0.227 e. The molecule has 120 valence electrons. The molecule has 7 nitrogen and oxygen atoms in total. The van der Waals surface area contributed by atoms with Crippen LogP contribution in [0.2, 0.25) is 0 Å². The zero-order chi connectivity index (χ0) is 16.5. The summed E-state index contributed by atoms with van der Waals surface area (Å²) >= 11 is 0. The fourth-order valence-corrected chi connectivity index (χ4v) is 2.59. The number of aryl methyl sites for hydroxylation is 1. The minimum Gasteiger partial charge on any atom is -0.496 e. The minimum absolute atomic E-state index is 0.571. The second-order valence-corrected chi connectivity index (χ2v) is 5.41. The Morgan fingerprint density at radius 1 is 1.17 bits per heavy atom. The van der Waals surface area contributed by atoms with Crippen molar-refractivity contribution in [1.82, 2.24) is 25.2 Å². The van der Waals surface area contributed by atoms with E-state index in [1.54, 1.807) is 11.8 Å². The van der Waals surface area contributed by atoms with Crippen LogP contribution in [0.3, 0.4) is 0 Å². The highest BCUT2D eigenvalue weighted by molar-refractivity contribution is 5.76. The van der Waals surface area contributed by atoms with E-state index in [1.807, 2.05) is 49.5 Å². The lowest BCUT2D eigenvalue weighted by Gasteiger charge is -2.09. The van der Waals surface area contributed by atoms with Gasteiger partial charge in [-0.1, -0.05) is 18.2 Å². The fourth-order valence-electron chi connectivity index (χ4n) is 2.59. The molecule has 0 unspecified atom stereocenters. The van der Waals surface area contributed by atoms with Gasteiger partial charge in [0, 0.05) is 24.6 Å². The topological polar surface area (TPSA) is 78.9 Å². The van der Waals surface area contributed by atoms with Crippen molar-refractivity contribution in [3.8, 4) is 17.2 Å². The van der Waals surface area contributed by atoms with Gasteiger partial charge >= 0.3 is 0 Å². The number of nitrogens with zero attached hydrogens (tertiary/aromatic N) is 5. The van der Waals surface area contributed by atoms with Crippen LogP contribution in [0, 0.1) is 0 Å². The maximum absolute atomic E-state index is 5.82. The number of hydrogen-bond donors (Lipinski definition) is 0. The molecule has 2 aromatic carbocycles. The lowest BCUT2D eigenvalue weighted by atomic mass is 10.1. The van der Waals surface area contributed by atoms with Crippen LogP contribution in [0.25, 0.3) is 22.6 Å². The summed E-state index contributed by atoms with van der Waals surface area (Å²) < 4.78 is 13.0. The molecule has 0 saturated heterocycles. The number of methoxy groups -OCH3 is 1. The second kappa shape index (κ2) is 5.77. The average Bonchev–Trinajstić information content (AvgIpc) is 3.21. The molecule has 4 aromatic rings. The van der Waals surface area contributed by atoms with E-state index in [9.17, 15) is 0 Å². The molecule has 2 heterocycles. The number of tetrazole rings is 1. The molecule has 0 N–H and O–H groups in total. The van der Waals surface area contributed by atoms with Crippen molar-refractivity contribution in [3.63, 3.8) is 0 Å². The van der Waals surface area contributed by atoms with Gasteiger partial charge in [-0.2, -0.15) is 0 Å². The van der Waals surface area contributed by atoms with Crippen LogP contribution in [0.4, 0.5) is 0 Å². The molecule has 0 bridgehead atoms. The van der Waals surface area contributed by atoms with Crippen LogP contribution in [0.1, 0.15) is 11.4 Å². The van der Waals surface area contributed by atoms with Gasteiger partial charge in [0.1, 0.15) is 11.3 Å². The monoisotopic (exact) mass is 321 g/mol. The number of rotatable bonds is 4. The molecule has 0 spiro atoms. The molecule has 24 heavy (non-hydrogen) atoms. The standard InChI is InChI=1S/C17H15N5O2/c1-22-16(19-20-21-22)10-11-7-8-12(9-15(11)23-2)17-18-13-5-3-4-6-14(13)24-17/h3-9H,10H2,1-2H3. The molecular formula is C17H15N5O2. The number of hydrogen-bond acceptors (Lipinski definition) is 6. The first kappa shape index (κ1) is 14.4. The third-order valence-corrected chi connectivity index (χ3v) is 3.88. The van der Waals surface area contributed by atoms with Crippen LogP contribution < -0.4 is 4.74 Å². The van der Waals surface area contributed by atoms with Gasteiger partial charge in [-0.25, -0.2) is 9.67 Å². The molecule has 0 radical (unpaired) electrons. The number of benzene rings is 2. The van der Waals surface area contributed by atoms with E-state index >= 15 is 0 Å². The van der Waals surface area contributed by atoms with Crippen LogP contribution in [0.15, 0.2) is 46.9 Å². The first-order valence-electron chi connectivity index (χ1n) is 7.48. The van der Waals surface area contributed by atoms with E-state index in [1.165, 1.54) is 0 Å². The van der Waals surface area contributed by atoms with Gasteiger partial charge in [0.15, 0.2) is 11.4 Å². The predicted molar refractivity (Wildman–Crippen MR) is 87.6 cm³/mol. The zero-order valence-corrected chi connectivity index (χ0v) is 13.3. The van der Waals surface area contributed by atoms with Crippen molar-refractivity contribution in [2.24, 2.45) is 7.05 Å². The summed E-state index contributed by atoms with van der Waals surface area (Å²) in [4.78, 5) is 4.52. The smallest absolute Gasteiger partial charge is 0.227 e. The first-order valence-corrected chi connectivity index (χ1v) is 7.48. The summed E-state index contributed by atoms with van der Waals surface area (Å²) in [5.74, 6) is 2.09. The van der Waals surface area contributed by atoms with Gasteiger partial charge < -0.3 is 9.15 Å². The Hall–Kier alpha value is -3.22. The summed E-state index contributed by atoms with van der Waals surface area (Å²) in [6, 6.07) is 13.6. The molecule has 7 heteroatoms. The van der Waals surface area contributed by atoms with Crippen molar-refractivity contribution in [3.05, 3.63) is 53.9 Å². The molecule has 0 atom stereocenters. The Balaban J connectivity index is 1.71. The Morgan fingerprint density at radius 2 is 2.04 bits per heavy atom. The van der Waals surface area contributed by atoms with Crippen LogP contribution in [-0.2, 0) is 13.5 Å². The van der Waals surface area contributed by atoms with E-state index in [2.05, 4.69) is 20.5 Å². The number of fused-ring (bicyclic) bond motifs is 1. The normalized spacial score (nSPS) is 11.1. The van der Waals surface area contributed by atoms with E-state index in [-0.39, 0.29) is 0 Å². The lowest BCUT2D eigenvalue weighted by molar-refractivity contribution is 0.410. The quantitative estimate of drug-likeness (QED) is 0.575. The number of aromatic nitrogens is 5. The lowest BCUT2D eigenvalue weighted by Crippen LogP contribution is -2.02. The molecule has 0 fully saturated rings. The van der Waals surface area contributed by atoms with Gasteiger partial charge in [-0.15, -0.1) is 5.10 Å². The molecule has 0 aliphatic carbocycles. The third kappa shape index (κ3) is 2.50. The Kier molecular flexibility index (Phi) is 3.45. The largest absolute Gasteiger partial charge is 0.496 e. The maximum atomic E-state index is 5.82. The van der Waals surface area contributed by atoms with Crippen molar-refractivity contribution in [1.29, 1.82) is 0 Å². The van der Waals surface area contributed by atoms with Crippen molar-refractivity contribution in [2.45, 2.75) is 6.42 Å². The van der Waals surface area contributed by atoms with E-state index in [4.69, 9.17) is 9.15 Å². The van der Waals surface area contributed by atoms with Crippen molar-refractivity contribution < 1.29 is 9.15 Å². The number of oxazole rings is 1. The van der Waals surface area contributed by atoms with Crippen molar-refractivity contribution >= 4 is 11.1 Å². The average molecular weight is 321 g/mol. The highest BCUT2D eigenvalue weighted by Crippen LogP contribution is 2.30. The second-order valence-electron chi connectivity index (χ2n) is 5.41. The SMILES string of the molecule is COc1cc(-c2nc3ccccc3o2)ccc1Cc1nnnn1C. The summed E-state index contributed by atoms with van der Waals surface area (Å²) in [5.41, 5.74) is 3.46. The van der Waals surface area contributed by atoms with Crippen LogP contribution in [0.5, 0.6) is 5.75 Å². The molecule has 0 aliphatic rings. The van der Waals surface area contributed by atoms with E-state index in [0.29, 0.717) is 12.3 Å². The third-order valence-electron chi connectivity index (χ3n) is 3.88. The number of ether oxygens (including phenoxy) is 1. The van der Waals surface area contributed by atoms with Gasteiger partial charge in [-0.3, -0.25) is 0 Å². The Bertz CT molecular complexity index is 972. The number of para-hydroxylation sites is 2. The Labute approximate surface area is 137 Å². The highest BCUT2D eigenvalue weighted by Gasteiger charge is 2.13. The zero-order valence-electron chi connectivity index (χ0n) is 13.3. The van der Waals surface area contributed by atoms with Crippen molar-refractivity contribution in [2.75, 3.05) is 7.11 Å². The molecule has 0 aliphatic heterocycles. The van der Waals surface area contributed by atoms with Gasteiger partial charge in [0.2, 0.25) is 5.89 Å². The molecule has 4 rings (SSSR count). The first-order chi connectivity index (χ1) is 11.7. The summed E-state index contributed by atoms with van der Waals surface area (Å²) in [5, 5.41) is 11.5. The summed E-state index contributed by atoms with van der Waals surface area (Å²) in [6.07, 6.45) is 0.584. The molecule has 2 aromatic heterocycles. The highest BCUT2D eigenvalue weighted by atomic mass is 16.5. The van der Waals surface area contributed by atoms with E-state index < -0.39 is 0 Å². The minimum atomic E-state index is 0.571. The van der Waals surface area contributed by atoms with E-state index in [0.717, 1.165) is 33.8 Å². The summed E-state index contributed by atoms with van der Waals surface area (Å²) in [6.45, 7) is 0. The van der Waals surface area contributed by atoms with Crippen LogP contribution >= 0.6 is 0 Å². The van der Waals surface area contributed by atoms with Gasteiger partial charge in [0.25, 0.3) is 0 Å². The fraction of sp³-hybridized carbons (Fsp3) is 0.176. The summed E-state index contributed by atoms with van der Waals surface area (Å²) in [7, 11) is 3.46. The van der Waals surface area contributed by atoms with Crippen LogP contribution in [-0.4, -0.2) is 32.3 Å². The van der Waals surface area contributed by atoms with Gasteiger partial charge in [0.05, 0.1) is 7.11 Å². The molecular weight excluding hydrogens is 306 g/mol.